The summed E-state index contributed by atoms with van der Waals surface area (Å²) in [6.07, 6.45) is 5.66. The van der Waals surface area contributed by atoms with E-state index in [0.717, 1.165) is 22.8 Å². The fourth-order valence-electron chi connectivity index (χ4n) is 4.21. The minimum absolute atomic E-state index is 0.308. The Morgan fingerprint density at radius 1 is 1.16 bits per heavy atom. The van der Waals surface area contributed by atoms with Crippen molar-refractivity contribution in [3.05, 3.63) is 73.5 Å². The fourth-order valence-corrected chi connectivity index (χ4v) is 4.21. The third-order valence-corrected chi connectivity index (χ3v) is 5.99. The third-order valence-electron chi connectivity index (χ3n) is 5.99. The number of hydrogen-bond acceptors (Lipinski definition) is 8. The molecule has 0 radical (unpaired) electrons. The van der Waals surface area contributed by atoms with Crippen LogP contribution in [-0.2, 0) is 9.53 Å². The van der Waals surface area contributed by atoms with Gasteiger partial charge in [0, 0.05) is 48.1 Å². The Hall–Kier alpha value is -4.57. The number of morpholine rings is 1. The van der Waals surface area contributed by atoms with Gasteiger partial charge in [-0.2, -0.15) is 0 Å². The van der Waals surface area contributed by atoms with Crippen LogP contribution in [0.4, 0.5) is 27.4 Å². The number of nitrogens with zero attached hydrogens (tertiary/aromatic N) is 4. The molecule has 0 bridgehead atoms. The lowest BCUT2D eigenvalue weighted by Gasteiger charge is -2.31. The van der Waals surface area contributed by atoms with E-state index in [1.54, 1.807) is 25.6 Å². The van der Waals surface area contributed by atoms with E-state index in [4.69, 9.17) is 14.5 Å². The molecule has 3 heterocycles. The number of carbonyl (C=O) groups is 1. The van der Waals surface area contributed by atoms with Gasteiger partial charge >= 0.3 is 0 Å². The van der Waals surface area contributed by atoms with E-state index >= 15 is 0 Å². The number of ether oxygens (including phenoxy) is 2. The second kappa shape index (κ2) is 10.6. The van der Waals surface area contributed by atoms with Crippen LogP contribution in [0.2, 0.25) is 0 Å². The highest BCUT2D eigenvalue weighted by molar-refractivity contribution is 6.02. The maximum absolute atomic E-state index is 13.9. The molecule has 2 aromatic carbocycles. The number of fused-ring (bicyclic) bond motifs is 1. The third kappa shape index (κ3) is 5.19. The number of aromatic nitrogens is 3. The number of anilines is 4. The van der Waals surface area contributed by atoms with E-state index in [9.17, 15) is 9.18 Å². The lowest BCUT2D eigenvalue weighted by atomic mass is 10.0. The minimum Gasteiger partial charge on any atom is -0.494 e. The summed E-state index contributed by atoms with van der Waals surface area (Å²) in [6, 6.07) is 10.7. The van der Waals surface area contributed by atoms with Crippen molar-refractivity contribution in [3.8, 4) is 16.9 Å². The number of para-hydroxylation sites is 1. The average molecular weight is 501 g/mol. The number of benzene rings is 2. The number of carbonyl (C=O) groups excluding carboxylic acids is 1. The monoisotopic (exact) mass is 500 g/mol. The Labute approximate surface area is 213 Å². The van der Waals surface area contributed by atoms with Crippen LogP contribution in [0.15, 0.2) is 67.6 Å². The zero-order valence-corrected chi connectivity index (χ0v) is 20.2. The van der Waals surface area contributed by atoms with Crippen LogP contribution in [0.3, 0.4) is 0 Å². The van der Waals surface area contributed by atoms with Gasteiger partial charge in [0.25, 0.3) is 0 Å². The van der Waals surface area contributed by atoms with E-state index in [1.807, 2.05) is 24.3 Å². The van der Waals surface area contributed by atoms with Crippen molar-refractivity contribution in [3.63, 3.8) is 0 Å². The highest BCUT2D eigenvalue weighted by Gasteiger charge is 2.20. The Morgan fingerprint density at radius 2 is 2.00 bits per heavy atom. The number of hydrogen-bond donors (Lipinski definition) is 2. The van der Waals surface area contributed by atoms with Crippen LogP contribution in [0.25, 0.3) is 22.0 Å². The van der Waals surface area contributed by atoms with Gasteiger partial charge in [-0.25, -0.2) is 14.4 Å². The highest BCUT2D eigenvalue weighted by atomic mass is 19.1. The summed E-state index contributed by atoms with van der Waals surface area (Å²) in [4.78, 5) is 27.5. The summed E-state index contributed by atoms with van der Waals surface area (Å²) in [5.41, 5.74) is 3.92. The molecule has 0 atom stereocenters. The molecule has 0 aliphatic carbocycles. The van der Waals surface area contributed by atoms with Crippen LogP contribution < -0.4 is 20.3 Å². The molecule has 0 unspecified atom stereocenters. The second-order valence-electron chi connectivity index (χ2n) is 8.32. The predicted molar refractivity (Wildman–Crippen MR) is 141 cm³/mol. The fraction of sp³-hybridized carbons (Fsp3) is 0.185. The van der Waals surface area contributed by atoms with Gasteiger partial charge in [0.15, 0.2) is 0 Å². The SMILES string of the molecule is C=CC(=O)Nc1cc(Nc2ncc3cccc(-c4cncc(F)c4)c3n2)c(OC)cc1N1CCOCC1. The first-order valence-electron chi connectivity index (χ1n) is 11.7. The molecule has 1 aliphatic rings. The summed E-state index contributed by atoms with van der Waals surface area (Å²) < 4.78 is 25.0. The van der Waals surface area contributed by atoms with Crippen LogP contribution in [0.5, 0.6) is 5.75 Å². The van der Waals surface area contributed by atoms with Gasteiger partial charge in [0.05, 0.1) is 49.1 Å². The number of rotatable bonds is 7. The van der Waals surface area contributed by atoms with E-state index < -0.39 is 5.82 Å². The molecule has 0 saturated carbocycles. The molecule has 2 N–H and O–H groups in total. The molecule has 10 heteroatoms. The summed E-state index contributed by atoms with van der Waals surface area (Å²) in [7, 11) is 1.57. The van der Waals surface area contributed by atoms with Crippen LogP contribution in [0, 0.1) is 5.82 Å². The first-order chi connectivity index (χ1) is 18.1. The zero-order valence-electron chi connectivity index (χ0n) is 20.2. The van der Waals surface area contributed by atoms with Crippen LogP contribution in [0.1, 0.15) is 0 Å². The molecule has 188 valence electrons. The number of nitrogens with one attached hydrogen (secondary N) is 2. The molecule has 5 rings (SSSR count). The molecule has 1 amide bonds. The summed E-state index contributed by atoms with van der Waals surface area (Å²) in [5, 5.41) is 6.88. The Kier molecular flexibility index (Phi) is 6.91. The van der Waals surface area contributed by atoms with Crippen molar-refractivity contribution in [1.29, 1.82) is 0 Å². The van der Waals surface area contributed by atoms with Crippen molar-refractivity contribution in [2.24, 2.45) is 0 Å². The Morgan fingerprint density at radius 3 is 2.76 bits per heavy atom. The Bertz CT molecular complexity index is 1470. The van der Waals surface area contributed by atoms with E-state index in [2.05, 4.69) is 32.1 Å². The van der Waals surface area contributed by atoms with Crippen molar-refractivity contribution in [1.82, 2.24) is 15.0 Å². The minimum atomic E-state index is -0.430. The van der Waals surface area contributed by atoms with Gasteiger partial charge < -0.3 is 25.0 Å². The molecule has 9 nitrogen and oxygen atoms in total. The molecule has 1 aliphatic heterocycles. The molecule has 4 aromatic rings. The maximum atomic E-state index is 13.9. The largest absolute Gasteiger partial charge is 0.494 e. The summed E-state index contributed by atoms with van der Waals surface area (Å²) in [5.74, 6) is 0.0918. The first-order valence-corrected chi connectivity index (χ1v) is 11.7. The zero-order chi connectivity index (χ0) is 25.8. The van der Waals surface area contributed by atoms with Gasteiger partial charge in [-0.05, 0) is 18.2 Å². The van der Waals surface area contributed by atoms with Gasteiger partial charge in [-0.3, -0.25) is 9.78 Å². The smallest absolute Gasteiger partial charge is 0.247 e. The van der Waals surface area contributed by atoms with Crippen molar-refractivity contribution in [2.45, 2.75) is 0 Å². The molecule has 37 heavy (non-hydrogen) atoms. The predicted octanol–water partition coefficient (Wildman–Crippen LogP) is 4.54. The Balaban J connectivity index is 1.55. The molecular formula is C27H25FN6O3. The van der Waals surface area contributed by atoms with Crippen LogP contribution in [-0.4, -0.2) is 54.3 Å². The topological polar surface area (TPSA) is 102 Å². The number of amides is 1. The van der Waals surface area contributed by atoms with Gasteiger partial charge in [0.2, 0.25) is 11.9 Å². The van der Waals surface area contributed by atoms with Gasteiger partial charge in [0.1, 0.15) is 11.6 Å². The standard InChI is InChI=1S/C27H25FN6O3/c1-3-25(35)31-21-12-22(24(36-2)13-23(21)34-7-9-37-10-8-34)32-27-30-15-17-5-4-6-20(26(17)33-27)18-11-19(28)16-29-14-18/h3-6,11-16H,1,7-10H2,2H3,(H,31,35)(H,30,32,33). The van der Waals surface area contributed by atoms with E-state index in [1.165, 1.54) is 12.1 Å². The first kappa shape index (κ1) is 24.1. The average Bonchev–Trinajstić information content (AvgIpc) is 2.93. The molecular weight excluding hydrogens is 475 g/mol. The van der Waals surface area contributed by atoms with Crippen molar-refractivity contribution in [2.75, 3.05) is 48.9 Å². The second-order valence-corrected chi connectivity index (χ2v) is 8.32. The molecule has 1 saturated heterocycles. The molecule has 1 fully saturated rings. The maximum Gasteiger partial charge on any atom is 0.247 e. The lowest BCUT2D eigenvalue weighted by Crippen LogP contribution is -2.36. The number of halogens is 1. The summed E-state index contributed by atoms with van der Waals surface area (Å²) in [6.45, 7) is 6.09. The number of methoxy groups -OCH3 is 1. The highest BCUT2D eigenvalue weighted by Crippen LogP contribution is 2.39. The van der Waals surface area contributed by atoms with Crippen LogP contribution >= 0.6 is 0 Å². The van der Waals surface area contributed by atoms with E-state index in [0.29, 0.717) is 60.5 Å². The van der Waals surface area contributed by atoms with Crippen molar-refractivity contribution >= 4 is 39.8 Å². The van der Waals surface area contributed by atoms with Crippen molar-refractivity contribution < 1.29 is 18.7 Å². The summed E-state index contributed by atoms with van der Waals surface area (Å²) >= 11 is 0. The van der Waals surface area contributed by atoms with Gasteiger partial charge in [-0.15, -0.1) is 0 Å². The number of pyridine rings is 1. The van der Waals surface area contributed by atoms with Gasteiger partial charge in [-0.1, -0.05) is 24.8 Å². The molecule has 2 aromatic heterocycles. The quantitative estimate of drug-likeness (QED) is 0.357. The normalized spacial score (nSPS) is 13.3. The lowest BCUT2D eigenvalue weighted by molar-refractivity contribution is -0.111. The van der Waals surface area contributed by atoms with E-state index in [-0.39, 0.29) is 5.91 Å². The molecule has 0 spiro atoms.